The van der Waals surface area contributed by atoms with Crippen LogP contribution in [0.15, 0.2) is 42.5 Å². The lowest BCUT2D eigenvalue weighted by molar-refractivity contribution is -0.400. The normalized spacial score (nSPS) is 12.7. The second-order valence-corrected chi connectivity index (χ2v) is 8.77. The van der Waals surface area contributed by atoms with E-state index in [1.54, 1.807) is 31.2 Å². The van der Waals surface area contributed by atoms with Crippen molar-refractivity contribution in [2.75, 3.05) is 25.8 Å². The van der Waals surface area contributed by atoms with E-state index in [0.29, 0.717) is 35.5 Å². The molecule has 10 heteroatoms. The minimum Gasteiger partial charge on any atom is -0.494 e. The van der Waals surface area contributed by atoms with Crippen molar-refractivity contribution in [3.05, 3.63) is 53.6 Å². The summed E-state index contributed by atoms with van der Waals surface area (Å²) < 4.78 is 98.3. The van der Waals surface area contributed by atoms with E-state index in [0.717, 1.165) is 43.8 Å². The van der Waals surface area contributed by atoms with Crippen molar-refractivity contribution in [3.8, 4) is 16.9 Å². The molecule has 0 saturated carbocycles. The number of hydrogen-bond acceptors (Lipinski definition) is 3. The number of unbranched alkanes of at least 4 members (excludes halogenated alkanes) is 2. The lowest BCUT2D eigenvalue weighted by Crippen LogP contribution is -2.56. The first kappa shape index (κ1) is 29.5. The molecule has 0 bridgehead atoms. The van der Waals surface area contributed by atoms with Crippen LogP contribution in [0.1, 0.15) is 43.7 Å². The first-order valence-electron chi connectivity index (χ1n) is 11.2. The summed E-state index contributed by atoms with van der Waals surface area (Å²) >= 11 is 3.37. The monoisotopic (exact) mass is 570 g/mol. The number of alkyl halides is 7. The van der Waals surface area contributed by atoms with Gasteiger partial charge < -0.3 is 14.2 Å². The molecule has 0 N–H and O–H groups in total. The Balaban J connectivity index is 2.50. The molecular formula is C25H29BrF6O3. The zero-order chi connectivity index (χ0) is 26.1. The first-order chi connectivity index (χ1) is 16.5. The summed E-state index contributed by atoms with van der Waals surface area (Å²) in [5.41, 5.74) is -4.04. The van der Waals surface area contributed by atoms with Gasteiger partial charge in [0.15, 0.2) is 0 Å². The summed E-state index contributed by atoms with van der Waals surface area (Å²) in [6, 6.07) is 10.0. The molecule has 0 aliphatic rings. The fourth-order valence-electron chi connectivity index (χ4n) is 3.77. The van der Waals surface area contributed by atoms with E-state index in [2.05, 4.69) is 25.4 Å². The maximum atomic E-state index is 14.0. The molecule has 2 aromatic rings. The molecule has 0 aliphatic heterocycles. The van der Waals surface area contributed by atoms with Crippen molar-refractivity contribution in [3.63, 3.8) is 0 Å². The zero-order valence-corrected chi connectivity index (χ0v) is 21.2. The molecule has 2 aromatic carbocycles. The second-order valence-electron chi connectivity index (χ2n) is 7.98. The van der Waals surface area contributed by atoms with Crippen LogP contribution in [0.25, 0.3) is 11.1 Å². The molecule has 196 valence electrons. The Morgan fingerprint density at radius 1 is 0.886 bits per heavy atom. The Bertz CT molecular complexity index is 916. The summed E-state index contributed by atoms with van der Waals surface area (Å²) in [6.45, 7) is 1.12. The molecule has 0 saturated heterocycles. The van der Waals surface area contributed by atoms with E-state index in [4.69, 9.17) is 4.74 Å². The van der Waals surface area contributed by atoms with Crippen molar-refractivity contribution < 1.29 is 40.6 Å². The van der Waals surface area contributed by atoms with Gasteiger partial charge in [0, 0.05) is 18.0 Å². The second kappa shape index (κ2) is 13.0. The van der Waals surface area contributed by atoms with E-state index in [1.807, 2.05) is 0 Å². The summed E-state index contributed by atoms with van der Waals surface area (Å²) in [5, 5.41) is 0.916. The predicted octanol–water partition coefficient (Wildman–Crippen LogP) is 8.19. The molecule has 0 fully saturated rings. The summed E-state index contributed by atoms with van der Waals surface area (Å²) in [6.07, 6.45) is -7.85. The molecule has 2 rings (SSSR count). The number of methoxy groups -OCH3 is 1. The maximum absolute atomic E-state index is 14.0. The fourth-order valence-corrected chi connectivity index (χ4v) is 4.17. The van der Waals surface area contributed by atoms with Gasteiger partial charge in [-0.05, 0) is 54.5 Å². The third kappa shape index (κ3) is 7.13. The van der Waals surface area contributed by atoms with Gasteiger partial charge in [0.05, 0.1) is 6.61 Å². The predicted molar refractivity (Wildman–Crippen MR) is 126 cm³/mol. The standard InChI is InChI=1S/C25H29BrF6O3/c1-3-8-18-15-20(23(24(27,28)29,25(30,31)32)35-17-33-2)11-12-22(18)19-9-7-10-21(16-19)34-14-6-4-5-13-26/h7,9-12,15-16H,3-6,8,13-14,17H2,1-2H3. The van der Waals surface area contributed by atoms with Gasteiger partial charge in [0.2, 0.25) is 0 Å². The molecular weight excluding hydrogens is 542 g/mol. The number of aryl methyl sites for hydroxylation is 1. The SMILES string of the molecule is CCCc1cc(C(OCOC)(C(F)(F)F)C(F)(F)F)ccc1-c1cccc(OCCCCCBr)c1. The number of hydrogen-bond donors (Lipinski definition) is 0. The molecule has 0 radical (unpaired) electrons. The van der Waals surface area contributed by atoms with Crippen LogP contribution in [0.5, 0.6) is 5.75 Å². The first-order valence-corrected chi connectivity index (χ1v) is 12.3. The lowest BCUT2D eigenvalue weighted by atomic mass is 9.86. The van der Waals surface area contributed by atoms with Gasteiger partial charge in [-0.15, -0.1) is 0 Å². The lowest BCUT2D eigenvalue weighted by Gasteiger charge is -2.37. The zero-order valence-electron chi connectivity index (χ0n) is 19.6. The molecule has 0 unspecified atom stereocenters. The fraction of sp³-hybridized carbons (Fsp3) is 0.520. The van der Waals surface area contributed by atoms with Gasteiger partial charge >= 0.3 is 12.4 Å². The van der Waals surface area contributed by atoms with Crippen molar-refractivity contribution in [1.82, 2.24) is 0 Å². The van der Waals surface area contributed by atoms with Crippen molar-refractivity contribution in [1.29, 1.82) is 0 Å². The van der Waals surface area contributed by atoms with Crippen molar-refractivity contribution >= 4 is 15.9 Å². The Hall–Kier alpha value is -1.78. The number of ether oxygens (including phenoxy) is 3. The molecule has 0 aromatic heterocycles. The average molecular weight is 571 g/mol. The van der Waals surface area contributed by atoms with E-state index in [1.165, 1.54) is 6.07 Å². The van der Waals surface area contributed by atoms with E-state index in [9.17, 15) is 26.3 Å². The van der Waals surface area contributed by atoms with Gasteiger partial charge in [-0.1, -0.05) is 59.6 Å². The third-order valence-corrected chi connectivity index (χ3v) is 5.98. The number of halogens is 7. The van der Waals surface area contributed by atoms with E-state index in [-0.39, 0.29) is 6.42 Å². The quantitative estimate of drug-likeness (QED) is 0.105. The Morgan fingerprint density at radius 3 is 2.20 bits per heavy atom. The van der Waals surface area contributed by atoms with E-state index < -0.39 is 30.3 Å². The highest BCUT2D eigenvalue weighted by atomic mass is 79.9. The largest absolute Gasteiger partial charge is 0.494 e. The molecule has 0 amide bonds. The third-order valence-electron chi connectivity index (χ3n) is 5.41. The molecule has 0 heterocycles. The Morgan fingerprint density at radius 2 is 1.60 bits per heavy atom. The molecule has 3 nitrogen and oxygen atoms in total. The van der Waals surface area contributed by atoms with Crippen LogP contribution in [-0.2, 0) is 21.5 Å². The van der Waals surface area contributed by atoms with Crippen LogP contribution in [0.3, 0.4) is 0 Å². The number of rotatable bonds is 13. The molecule has 0 aliphatic carbocycles. The van der Waals surface area contributed by atoms with Gasteiger partial charge in [0.1, 0.15) is 12.5 Å². The van der Waals surface area contributed by atoms with Gasteiger partial charge in [-0.2, -0.15) is 26.3 Å². The average Bonchev–Trinajstić information content (AvgIpc) is 2.78. The smallest absolute Gasteiger partial charge is 0.430 e. The topological polar surface area (TPSA) is 27.7 Å². The summed E-state index contributed by atoms with van der Waals surface area (Å²) in [4.78, 5) is 0. The van der Waals surface area contributed by atoms with Crippen LogP contribution >= 0.6 is 15.9 Å². The Labute approximate surface area is 209 Å². The molecule has 0 atom stereocenters. The van der Waals surface area contributed by atoms with Crippen molar-refractivity contribution in [2.24, 2.45) is 0 Å². The van der Waals surface area contributed by atoms with E-state index >= 15 is 0 Å². The van der Waals surface area contributed by atoms with Crippen LogP contribution < -0.4 is 4.74 Å². The minimum atomic E-state index is -5.77. The van der Waals surface area contributed by atoms with Crippen LogP contribution in [-0.4, -0.2) is 38.2 Å². The van der Waals surface area contributed by atoms with Gasteiger partial charge in [-0.25, -0.2) is 0 Å². The minimum absolute atomic E-state index is 0.275. The van der Waals surface area contributed by atoms with Gasteiger partial charge in [-0.3, -0.25) is 0 Å². The van der Waals surface area contributed by atoms with Gasteiger partial charge in [0.25, 0.3) is 5.60 Å². The number of benzene rings is 2. The highest BCUT2D eigenvalue weighted by Gasteiger charge is 2.73. The summed E-state index contributed by atoms with van der Waals surface area (Å²) in [5.74, 6) is 0.580. The highest BCUT2D eigenvalue weighted by Crippen LogP contribution is 2.53. The Kier molecular flexibility index (Phi) is 10.9. The highest BCUT2D eigenvalue weighted by molar-refractivity contribution is 9.09. The summed E-state index contributed by atoms with van der Waals surface area (Å²) in [7, 11) is 0.958. The maximum Gasteiger partial charge on any atom is 0.430 e. The van der Waals surface area contributed by atoms with Crippen LogP contribution in [0.4, 0.5) is 26.3 Å². The van der Waals surface area contributed by atoms with Crippen LogP contribution in [0, 0.1) is 0 Å². The molecule has 35 heavy (non-hydrogen) atoms. The van der Waals surface area contributed by atoms with Crippen LogP contribution in [0.2, 0.25) is 0 Å². The molecule has 0 spiro atoms. The van der Waals surface area contributed by atoms with Crippen molar-refractivity contribution in [2.45, 2.75) is 57.0 Å².